The fourth-order valence-corrected chi connectivity index (χ4v) is 6.38. The molecule has 166 valence electrons. The second-order valence-corrected chi connectivity index (χ2v) is 10.3. The van der Waals surface area contributed by atoms with Crippen LogP contribution in [0.2, 0.25) is 0 Å². The van der Waals surface area contributed by atoms with E-state index in [0.29, 0.717) is 47.0 Å². The number of aryl methyl sites for hydroxylation is 2. The van der Waals surface area contributed by atoms with E-state index in [9.17, 15) is 13.2 Å². The van der Waals surface area contributed by atoms with Gasteiger partial charge in [0.05, 0.1) is 23.3 Å². The van der Waals surface area contributed by atoms with Gasteiger partial charge in [-0.15, -0.1) is 0 Å². The Morgan fingerprint density at radius 3 is 2.58 bits per heavy atom. The smallest absolute Gasteiger partial charge is 0.255 e. The zero-order valence-corrected chi connectivity index (χ0v) is 19.1. The van der Waals surface area contributed by atoms with Crippen molar-refractivity contribution in [1.82, 2.24) is 14.2 Å². The molecule has 31 heavy (non-hydrogen) atoms. The van der Waals surface area contributed by atoms with Gasteiger partial charge in [0.2, 0.25) is 10.0 Å². The molecule has 2 aliphatic heterocycles. The Morgan fingerprint density at radius 1 is 1.13 bits per heavy atom. The number of benzene rings is 1. The molecule has 0 aliphatic carbocycles. The third-order valence-corrected chi connectivity index (χ3v) is 8.32. The van der Waals surface area contributed by atoms with E-state index in [4.69, 9.17) is 4.74 Å². The first kappa shape index (κ1) is 21.8. The average Bonchev–Trinajstić information content (AvgIpc) is 3.47. The topological polar surface area (TPSA) is 79.8 Å². The number of likely N-dealkylation sites (tertiary alicyclic amines) is 1. The minimum absolute atomic E-state index is 0.00327. The predicted octanol–water partition coefficient (Wildman–Crippen LogP) is 3.12. The van der Waals surface area contributed by atoms with Crippen LogP contribution >= 0.6 is 0 Å². The molecule has 0 saturated carbocycles. The summed E-state index contributed by atoms with van der Waals surface area (Å²) in [6.07, 6.45) is 4.38. The maximum atomic E-state index is 13.4. The van der Waals surface area contributed by atoms with Gasteiger partial charge in [0.1, 0.15) is 5.75 Å². The summed E-state index contributed by atoms with van der Waals surface area (Å²) in [5, 5.41) is 0. The van der Waals surface area contributed by atoms with Gasteiger partial charge in [0, 0.05) is 38.3 Å². The van der Waals surface area contributed by atoms with Crippen molar-refractivity contribution < 1.29 is 17.9 Å². The Hall–Kier alpha value is -2.45. The fourth-order valence-electron chi connectivity index (χ4n) is 4.58. The number of aromatic nitrogens is 1. The molecule has 1 aromatic heterocycles. The van der Waals surface area contributed by atoms with Crippen molar-refractivity contribution >= 4 is 15.9 Å². The first-order valence-electron chi connectivity index (χ1n) is 10.7. The summed E-state index contributed by atoms with van der Waals surface area (Å²) in [4.78, 5) is 19.7. The number of rotatable bonds is 5. The van der Waals surface area contributed by atoms with Gasteiger partial charge in [0.25, 0.3) is 5.91 Å². The molecule has 2 saturated heterocycles. The number of hydrogen-bond acceptors (Lipinski definition) is 5. The highest BCUT2D eigenvalue weighted by Gasteiger charge is 2.37. The van der Waals surface area contributed by atoms with E-state index >= 15 is 0 Å². The van der Waals surface area contributed by atoms with Crippen molar-refractivity contribution in [2.75, 3.05) is 33.3 Å². The Labute approximate surface area is 184 Å². The van der Waals surface area contributed by atoms with E-state index in [0.717, 1.165) is 31.5 Å². The fraction of sp³-hybridized carbons (Fsp3) is 0.478. The lowest BCUT2D eigenvalue weighted by Crippen LogP contribution is -2.31. The van der Waals surface area contributed by atoms with Gasteiger partial charge < -0.3 is 9.64 Å². The number of pyridine rings is 1. The molecule has 1 atom stereocenters. The van der Waals surface area contributed by atoms with Gasteiger partial charge in [-0.1, -0.05) is 0 Å². The number of carbonyl (C=O) groups is 1. The average molecular weight is 444 g/mol. The van der Waals surface area contributed by atoms with Gasteiger partial charge >= 0.3 is 0 Å². The lowest BCUT2D eigenvalue weighted by atomic mass is 9.98. The van der Waals surface area contributed by atoms with E-state index in [1.54, 1.807) is 38.4 Å². The molecule has 0 unspecified atom stereocenters. The summed E-state index contributed by atoms with van der Waals surface area (Å²) >= 11 is 0. The third kappa shape index (κ3) is 4.06. The minimum Gasteiger partial charge on any atom is -0.496 e. The number of carbonyl (C=O) groups excluding carboxylic acids is 1. The Balaban J connectivity index is 1.59. The molecule has 1 aromatic carbocycles. The number of amides is 1. The highest BCUT2D eigenvalue weighted by molar-refractivity contribution is 7.89. The highest BCUT2D eigenvalue weighted by atomic mass is 32.2. The van der Waals surface area contributed by atoms with E-state index in [2.05, 4.69) is 4.98 Å². The van der Waals surface area contributed by atoms with E-state index in [-0.39, 0.29) is 11.8 Å². The van der Waals surface area contributed by atoms with Crippen LogP contribution in [0.1, 0.15) is 52.4 Å². The van der Waals surface area contributed by atoms with Gasteiger partial charge in [-0.25, -0.2) is 8.42 Å². The van der Waals surface area contributed by atoms with Crippen molar-refractivity contribution in [3.8, 4) is 5.75 Å². The second-order valence-electron chi connectivity index (χ2n) is 8.37. The normalized spacial score (nSPS) is 19.7. The zero-order valence-electron chi connectivity index (χ0n) is 18.3. The minimum atomic E-state index is -3.65. The summed E-state index contributed by atoms with van der Waals surface area (Å²) in [5.74, 6) is 0.579. The molecule has 2 aromatic rings. The lowest BCUT2D eigenvalue weighted by molar-refractivity contribution is 0.0790. The molecule has 8 heteroatoms. The van der Waals surface area contributed by atoms with Crippen LogP contribution in [0.4, 0.5) is 0 Å². The van der Waals surface area contributed by atoms with Crippen molar-refractivity contribution in [2.24, 2.45) is 0 Å². The van der Waals surface area contributed by atoms with Crippen molar-refractivity contribution in [3.05, 3.63) is 52.8 Å². The van der Waals surface area contributed by atoms with Gasteiger partial charge in [-0.05, 0) is 68.5 Å². The molecule has 3 heterocycles. The molecule has 2 aliphatic rings. The summed E-state index contributed by atoms with van der Waals surface area (Å²) in [6.45, 7) is 5.90. The van der Waals surface area contributed by atoms with Gasteiger partial charge in [-0.2, -0.15) is 4.31 Å². The Kier molecular flexibility index (Phi) is 6.03. The van der Waals surface area contributed by atoms with Crippen LogP contribution in [0, 0.1) is 13.8 Å². The van der Waals surface area contributed by atoms with Crippen LogP contribution in [-0.4, -0.2) is 61.8 Å². The lowest BCUT2D eigenvalue weighted by Gasteiger charge is -2.21. The summed E-state index contributed by atoms with van der Waals surface area (Å²) in [5.41, 5.74) is 2.75. The summed E-state index contributed by atoms with van der Waals surface area (Å²) in [7, 11) is -2.07. The van der Waals surface area contributed by atoms with Crippen LogP contribution in [0.3, 0.4) is 0 Å². The van der Waals surface area contributed by atoms with E-state index in [1.165, 1.54) is 4.31 Å². The first-order valence-corrected chi connectivity index (χ1v) is 12.2. The molecule has 1 amide bonds. The molecular formula is C23H29N3O4S. The first-order chi connectivity index (χ1) is 14.8. The number of hydrogen-bond donors (Lipinski definition) is 0. The van der Waals surface area contributed by atoms with Crippen molar-refractivity contribution in [3.63, 3.8) is 0 Å². The highest BCUT2D eigenvalue weighted by Crippen LogP contribution is 2.34. The van der Waals surface area contributed by atoms with Crippen molar-refractivity contribution in [2.45, 2.75) is 43.9 Å². The second kappa shape index (κ2) is 8.59. The molecule has 2 fully saturated rings. The molecule has 0 N–H and O–H groups in total. The van der Waals surface area contributed by atoms with Crippen molar-refractivity contribution in [1.29, 1.82) is 0 Å². The largest absolute Gasteiger partial charge is 0.496 e. The number of sulfonamides is 1. The Bertz CT molecular complexity index is 1090. The summed E-state index contributed by atoms with van der Waals surface area (Å²) in [6, 6.07) is 7.04. The predicted molar refractivity (Wildman–Crippen MR) is 118 cm³/mol. The van der Waals surface area contributed by atoms with Crippen LogP contribution in [0.25, 0.3) is 0 Å². The zero-order chi connectivity index (χ0) is 22.2. The van der Waals surface area contributed by atoms with Crippen LogP contribution in [0.15, 0.2) is 35.4 Å². The quantitative estimate of drug-likeness (QED) is 0.709. The third-order valence-electron chi connectivity index (χ3n) is 6.31. The van der Waals surface area contributed by atoms with Crippen LogP contribution in [0.5, 0.6) is 5.75 Å². The molecular weight excluding hydrogens is 414 g/mol. The van der Waals surface area contributed by atoms with Crippen LogP contribution < -0.4 is 4.74 Å². The molecule has 7 nitrogen and oxygen atoms in total. The maximum absolute atomic E-state index is 13.4. The molecule has 0 spiro atoms. The summed E-state index contributed by atoms with van der Waals surface area (Å²) < 4.78 is 33.6. The molecule has 0 bridgehead atoms. The SMILES string of the molecule is COc1cc(C)c(S(=O)(=O)N2CC[C@H](c3ncccc3C(=O)N3CCCC3)C2)cc1C. The number of methoxy groups -OCH3 is 1. The van der Waals surface area contributed by atoms with Crippen LogP contribution in [-0.2, 0) is 10.0 Å². The van der Waals surface area contributed by atoms with E-state index < -0.39 is 10.0 Å². The van der Waals surface area contributed by atoms with E-state index in [1.807, 2.05) is 17.9 Å². The van der Waals surface area contributed by atoms with Gasteiger partial charge in [-0.3, -0.25) is 9.78 Å². The standard InChI is InChI=1S/C23H29N3O4S/c1-16-14-21(17(2)13-20(16)30-3)31(28,29)26-12-8-18(15-26)22-19(7-6-9-24-22)23(27)25-10-4-5-11-25/h6-7,9,13-14,18H,4-5,8,10-12,15H2,1-3H3/t18-/m0/s1. The Morgan fingerprint density at radius 2 is 1.87 bits per heavy atom. The van der Waals surface area contributed by atoms with Gasteiger partial charge in [0.15, 0.2) is 0 Å². The monoisotopic (exact) mass is 443 g/mol. The number of ether oxygens (including phenoxy) is 1. The maximum Gasteiger partial charge on any atom is 0.255 e. The number of nitrogens with zero attached hydrogens (tertiary/aromatic N) is 3. The molecule has 4 rings (SSSR count). The molecule has 0 radical (unpaired) electrons.